The molecule has 0 saturated carbocycles. The van der Waals surface area contributed by atoms with Gasteiger partial charge < -0.3 is 15.4 Å². The molecule has 0 spiro atoms. The number of guanidine groups is 1. The van der Waals surface area contributed by atoms with E-state index in [-0.39, 0.29) is 36.3 Å². The third kappa shape index (κ3) is 7.27. The van der Waals surface area contributed by atoms with E-state index in [4.69, 9.17) is 4.74 Å². The zero-order valence-corrected chi connectivity index (χ0v) is 19.5. The third-order valence-corrected chi connectivity index (χ3v) is 4.45. The van der Waals surface area contributed by atoms with Crippen molar-refractivity contribution < 1.29 is 17.9 Å². The Morgan fingerprint density at radius 2 is 1.74 bits per heavy atom. The van der Waals surface area contributed by atoms with Crippen LogP contribution in [0.1, 0.15) is 16.7 Å². The van der Waals surface area contributed by atoms with Gasteiger partial charge in [0.1, 0.15) is 5.75 Å². The van der Waals surface area contributed by atoms with Crippen LogP contribution in [0.2, 0.25) is 0 Å². The molecule has 0 amide bonds. The van der Waals surface area contributed by atoms with Gasteiger partial charge in [-0.15, -0.1) is 24.0 Å². The van der Waals surface area contributed by atoms with Crippen LogP contribution in [-0.4, -0.2) is 30.8 Å². The lowest BCUT2D eigenvalue weighted by Crippen LogP contribution is -2.36. The van der Waals surface area contributed by atoms with Crippen molar-refractivity contribution in [3.05, 3.63) is 71.4 Å². The molecule has 3 rings (SSSR count). The summed E-state index contributed by atoms with van der Waals surface area (Å²) in [5.74, 6) is 0.721. The summed E-state index contributed by atoms with van der Waals surface area (Å²) < 4.78 is 42.6. The average Bonchev–Trinajstić information content (AvgIpc) is 2.73. The Labute approximate surface area is 196 Å². The van der Waals surface area contributed by atoms with Gasteiger partial charge in [-0.3, -0.25) is 9.98 Å². The van der Waals surface area contributed by atoms with Crippen LogP contribution >= 0.6 is 24.0 Å². The summed E-state index contributed by atoms with van der Waals surface area (Å²) in [7, 11) is 1.63. The first-order valence-electron chi connectivity index (χ1n) is 9.42. The number of halogens is 4. The molecule has 0 fully saturated rings. The van der Waals surface area contributed by atoms with Crippen molar-refractivity contribution in [1.82, 2.24) is 15.6 Å². The SMILES string of the molecule is CN=C(NCc1ccc(C)cc1OCC(F)(F)F)NCc1cccc2cccnc12.I. The van der Waals surface area contributed by atoms with Gasteiger partial charge >= 0.3 is 6.18 Å². The largest absolute Gasteiger partial charge is 0.484 e. The molecule has 0 radical (unpaired) electrons. The summed E-state index contributed by atoms with van der Waals surface area (Å²) >= 11 is 0. The predicted molar refractivity (Wildman–Crippen MR) is 127 cm³/mol. The number of benzene rings is 2. The van der Waals surface area contributed by atoms with Gasteiger partial charge in [-0.25, -0.2) is 0 Å². The normalized spacial score (nSPS) is 11.7. The highest BCUT2D eigenvalue weighted by Gasteiger charge is 2.28. The second kappa shape index (κ2) is 11.2. The fourth-order valence-electron chi connectivity index (χ4n) is 2.99. The van der Waals surface area contributed by atoms with Crippen molar-refractivity contribution in [2.24, 2.45) is 4.99 Å². The number of aryl methyl sites for hydroxylation is 1. The Kier molecular flexibility index (Phi) is 8.90. The first-order valence-corrected chi connectivity index (χ1v) is 9.42. The molecule has 0 unspecified atom stereocenters. The topological polar surface area (TPSA) is 58.5 Å². The number of pyridine rings is 1. The van der Waals surface area contributed by atoms with Crippen molar-refractivity contribution in [2.75, 3.05) is 13.7 Å². The lowest BCUT2D eigenvalue weighted by molar-refractivity contribution is -0.153. The monoisotopic (exact) mass is 544 g/mol. The maximum atomic E-state index is 12.5. The molecule has 2 aromatic carbocycles. The van der Waals surface area contributed by atoms with E-state index in [2.05, 4.69) is 20.6 Å². The van der Waals surface area contributed by atoms with Crippen molar-refractivity contribution >= 4 is 40.8 Å². The molecule has 2 N–H and O–H groups in total. The minimum absolute atomic E-state index is 0. The molecule has 31 heavy (non-hydrogen) atoms. The molecule has 0 atom stereocenters. The number of para-hydroxylation sites is 1. The number of rotatable bonds is 6. The lowest BCUT2D eigenvalue weighted by Gasteiger charge is -2.16. The molecule has 0 bridgehead atoms. The van der Waals surface area contributed by atoms with Crippen molar-refractivity contribution in [3.63, 3.8) is 0 Å². The molecule has 9 heteroatoms. The second-order valence-corrected chi connectivity index (χ2v) is 6.79. The van der Waals surface area contributed by atoms with Crippen molar-refractivity contribution in [2.45, 2.75) is 26.2 Å². The van der Waals surface area contributed by atoms with E-state index in [1.807, 2.05) is 36.4 Å². The van der Waals surface area contributed by atoms with E-state index >= 15 is 0 Å². The second-order valence-electron chi connectivity index (χ2n) is 6.79. The maximum absolute atomic E-state index is 12.5. The molecule has 1 aromatic heterocycles. The van der Waals surface area contributed by atoms with Crippen LogP contribution in [0.15, 0.2) is 59.7 Å². The minimum Gasteiger partial charge on any atom is -0.484 e. The van der Waals surface area contributed by atoms with E-state index in [9.17, 15) is 13.2 Å². The number of aliphatic imine (C=N–C) groups is 1. The van der Waals surface area contributed by atoms with E-state index in [1.165, 1.54) is 0 Å². The molecule has 5 nitrogen and oxygen atoms in total. The highest BCUT2D eigenvalue weighted by atomic mass is 127. The zero-order valence-electron chi connectivity index (χ0n) is 17.2. The van der Waals surface area contributed by atoms with Crippen LogP contribution in [0.25, 0.3) is 10.9 Å². The van der Waals surface area contributed by atoms with E-state index < -0.39 is 12.8 Å². The van der Waals surface area contributed by atoms with Crippen LogP contribution in [0.3, 0.4) is 0 Å². The molecule has 166 valence electrons. The van der Waals surface area contributed by atoms with E-state index in [1.54, 1.807) is 32.3 Å². The number of fused-ring (bicyclic) bond motifs is 1. The lowest BCUT2D eigenvalue weighted by atomic mass is 10.1. The molecule has 1 heterocycles. The van der Waals surface area contributed by atoms with Crippen LogP contribution in [0.4, 0.5) is 13.2 Å². The van der Waals surface area contributed by atoms with E-state index in [0.29, 0.717) is 18.1 Å². The first-order chi connectivity index (χ1) is 14.4. The van der Waals surface area contributed by atoms with Crippen LogP contribution < -0.4 is 15.4 Å². The molecular weight excluding hydrogens is 520 g/mol. The Bertz CT molecular complexity index is 1040. The van der Waals surface area contributed by atoms with Gasteiger partial charge in [-0.1, -0.05) is 36.4 Å². The Morgan fingerprint density at radius 1 is 1.03 bits per heavy atom. The molecule has 3 aromatic rings. The summed E-state index contributed by atoms with van der Waals surface area (Å²) in [5.41, 5.74) is 3.35. The number of hydrogen-bond donors (Lipinski definition) is 2. The highest BCUT2D eigenvalue weighted by Crippen LogP contribution is 2.23. The molecule has 0 aliphatic carbocycles. The van der Waals surface area contributed by atoms with Crippen LogP contribution in [-0.2, 0) is 13.1 Å². The summed E-state index contributed by atoms with van der Waals surface area (Å²) in [6.45, 7) is 1.24. The number of ether oxygens (including phenoxy) is 1. The van der Waals surface area contributed by atoms with Gasteiger partial charge in [0.05, 0.1) is 5.52 Å². The third-order valence-electron chi connectivity index (χ3n) is 4.45. The fourth-order valence-corrected chi connectivity index (χ4v) is 2.99. The van der Waals surface area contributed by atoms with Crippen molar-refractivity contribution in [1.29, 1.82) is 0 Å². The molecule has 0 aliphatic rings. The Hall–Kier alpha value is -2.56. The maximum Gasteiger partial charge on any atom is 0.422 e. The zero-order chi connectivity index (χ0) is 21.6. The number of alkyl halides is 3. The van der Waals surface area contributed by atoms with Gasteiger partial charge in [0.2, 0.25) is 0 Å². The molecular formula is C22H24F3IN4O. The summed E-state index contributed by atoms with van der Waals surface area (Å²) in [6, 6.07) is 15.0. The summed E-state index contributed by atoms with van der Waals surface area (Å²) in [6.07, 6.45) is -2.64. The summed E-state index contributed by atoms with van der Waals surface area (Å²) in [4.78, 5) is 8.61. The first kappa shape index (κ1) is 24.7. The standard InChI is InChI=1S/C22H23F3N4O.HI/c1-15-8-9-17(19(11-15)30-14-22(23,24)25)12-28-21(26-2)29-13-18-6-3-5-16-7-4-10-27-20(16)18;/h3-11H,12-14H2,1-2H3,(H2,26,28,29);1H. The van der Waals surface area contributed by atoms with Gasteiger partial charge in [0.25, 0.3) is 0 Å². The quantitative estimate of drug-likeness (QED) is 0.262. The Balaban J connectivity index is 0.00000341. The van der Waals surface area contributed by atoms with Gasteiger partial charge in [0.15, 0.2) is 12.6 Å². The van der Waals surface area contributed by atoms with Crippen LogP contribution in [0.5, 0.6) is 5.75 Å². The number of aromatic nitrogens is 1. The van der Waals surface area contributed by atoms with Gasteiger partial charge in [-0.2, -0.15) is 13.2 Å². The molecule has 0 saturated heterocycles. The Morgan fingerprint density at radius 3 is 2.45 bits per heavy atom. The van der Waals surface area contributed by atoms with Gasteiger partial charge in [0, 0.05) is 37.3 Å². The van der Waals surface area contributed by atoms with E-state index in [0.717, 1.165) is 22.0 Å². The molecule has 0 aliphatic heterocycles. The predicted octanol–water partition coefficient (Wildman–Crippen LogP) is 4.97. The smallest absolute Gasteiger partial charge is 0.422 e. The number of nitrogens with zero attached hydrogens (tertiary/aromatic N) is 2. The van der Waals surface area contributed by atoms with Crippen molar-refractivity contribution in [3.8, 4) is 5.75 Å². The van der Waals surface area contributed by atoms with Crippen LogP contribution in [0, 0.1) is 6.92 Å². The fraction of sp³-hybridized carbons (Fsp3) is 0.273. The number of nitrogens with one attached hydrogen (secondary N) is 2. The average molecular weight is 544 g/mol. The minimum atomic E-state index is -4.39. The number of hydrogen-bond acceptors (Lipinski definition) is 3. The summed E-state index contributed by atoms with van der Waals surface area (Å²) in [5, 5.41) is 7.38. The highest BCUT2D eigenvalue weighted by molar-refractivity contribution is 14.0. The van der Waals surface area contributed by atoms with Gasteiger partial charge in [-0.05, 0) is 30.2 Å².